The van der Waals surface area contributed by atoms with E-state index in [1.165, 1.54) is 6.33 Å². The molecular weight excluding hydrogens is 442 g/mol. The van der Waals surface area contributed by atoms with Gasteiger partial charge in [0.25, 0.3) is 5.91 Å². The quantitative estimate of drug-likeness (QED) is 0.458. The van der Waals surface area contributed by atoms with Crippen LogP contribution in [0.25, 0.3) is 21.9 Å². The molecule has 1 saturated heterocycles. The highest BCUT2D eigenvalue weighted by atomic mass is 35.5. The number of carbonyl (C=O) groups excluding carboxylic acids is 1. The Morgan fingerprint density at radius 1 is 1.27 bits per heavy atom. The van der Waals surface area contributed by atoms with Crippen molar-refractivity contribution in [1.29, 1.82) is 0 Å². The van der Waals surface area contributed by atoms with Crippen molar-refractivity contribution in [2.45, 2.75) is 31.8 Å². The highest BCUT2D eigenvalue weighted by Gasteiger charge is 2.27. The van der Waals surface area contributed by atoms with Crippen LogP contribution in [0.3, 0.4) is 0 Å². The predicted octanol–water partition coefficient (Wildman–Crippen LogP) is 3.98. The molecule has 0 radical (unpaired) electrons. The van der Waals surface area contributed by atoms with Crippen LogP contribution < -0.4 is 5.32 Å². The average molecular weight is 466 g/mol. The predicted molar refractivity (Wildman–Crippen MR) is 126 cm³/mol. The number of anilines is 1. The molecular formula is C23H24ClN7O2. The number of benzene rings is 1. The van der Waals surface area contributed by atoms with Gasteiger partial charge in [0.1, 0.15) is 17.5 Å². The van der Waals surface area contributed by atoms with Gasteiger partial charge in [-0.2, -0.15) is 0 Å². The summed E-state index contributed by atoms with van der Waals surface area (Å²) in [6.07, 6.45) is 4.65. The molecule has 1 aliphatic rings. The van der Waals surface area contributed by atoms with Crippen LogP contribution in [0, 0.1) is 0 Å². The fourth-order valence-corrected chi connectivity index (χ4v) is 4.49. The molecule has 5 rings (SSSR count). The molecule has 1 amide bonds. The van der Waals surface area contributed by atoms with Gasteiger partial charge in [0.05, 0.1) is 23.1 Å². The molecule has 170 valence electrons. The summed E-state index contributed by atoms with van der Waals surface area (Å²) in [4.78, 5) is 35.9. The molecule has 33 heavy (non-hydrogen) atoms. The smallest absolute Gasteiger partial charge is 0.273 e. The van der Waals surface area contributed by atoms with Crippen molar-refractivity contribution in [3.05, 3.63) is 53.3 Å². The molecule has 3 aromatic heterocycles. The Hall–Kier alpha value is -3.30. The number of imidazole rings is 1. The zero-order valence-corrected chi connectivity index (χ0v) is 19.1. The van der Waals surface area contributed by atoms with E-state index in [0.717, 1.165) is 18.2 Å². The Morgan fingerprint density at radius 3 is 2.91 bits per heavy atom. The summed E-state index contributed by atoms with van der Waals surface area (Å²) < 4.78 is 5.46. The van der Waals surface area contributed by atoms with E-state index in [0.29, 0.717) is 52.0 Å². The largest absolute Gasteiger partial charge is 0.381 e. The molecule has 4 aromatic rings. The van der Waals surface area contributed by atoms with Gasteiger partial charge < -0.3 is 19.9 Å². The summed E-state index contributed by atoms with van der Waals surface area (Å²) in [6, 6.07) is 7.43. The Kier molecular flexibility index (Phi) is 5.82. The lowest BCUT2D eigenvalue weighted by atomic mass is 10.0. The number of aromatic amines is 1. The van der Waals surface area contributed by atoms with Gasteiger partial charge in [0.15, 0.2) is 11.5 Å². The standard InChI is InChI=1S/C23H24ClN7O2/c1-13(29-22-20-21(26-11-25-20)27-12-28-22)17-10-14-4-3-5-16(24)18(14)19(30-17)23(32)31(2)15-6-8-33-9-7-15/h3-5,10-13,15H,6-9H2,1-2H3,(H2,25,26,27,28,29). The highest BCUT2D eigenvalue weighted by molar-refractivity contribution is 6.36. The molecule has 2 N–H and O–H groups in total. The zero-order valence-electron chi connectivity index (χ0n) is 18.4. The van der Waals surface area contributed by atoms with Crippen molar-refractivity contribution in [2.75, 3.05) is 25.6 Å². The van der Waals surface area contributed by atoms with Crippen molar-refractivity contribution >= 4 is 45.3 Å². The second-order valence-electron chi connectivity index (χ2n) is 8.18. The second kappa shape index (κ2) is 8.92. The van der Waals surface area contributed by atoms with Gasteiger partial charge in [-0.25, -0.2) is 19.9 Å². The van der Waals surface area contributed by atoms with Gasteiger partial charge in [-0.15, -0.1) is 0 Å². The molecule has 1 unspecified atom stereocenters. The number of H-pyrrole nitrogens is 1. The topological polar surface area (TPSA) is 109 Å². The monoisotopic (exact) mass is 465 g/mol. The van der Waals surface area contributed by atoms with Crippen LogP contribution in [0.1, 0.15) is 42.0 Å². The number of nitrogens with zero attached hydrogens (tertiary/aromatic N) is 5. The number of hydrogen-bond donors (Lipinski definition) is 2. The first-order valence-electron chi connectivity index (χ1n) is 10.9. The third-order valence-electron chi connectivity index (χ3n) is 6.11. The Labute approximate surface area is 195 Å². The third kappa shape index (κ3) is 4.09. The molecule has 10 heteroatoms. The first-order chi connectivity index (χ1) is 16.0. The zero-order chi connectivity index (χ0) is 22.9. The molecule has 0 bridgehead atoms. The molecule has 1 fully saturated rings. The van der Waals surface area contributed by atoms with E-state index in [4.69, 9.17) is 21.3 Å². The Balaban J connectivity index is 1.53. The third-order valence-corrected chi connectivity index (χ3v) is 6.42. The lowest BCUT2D eigenvalue weighted by Gasteiger charge is -2.31. The SMILES string of the molecule is CC(Nc1ncnc2nc[nH]c12)c1cc2cccc(Cl)c2c(C(=O)N(C)C2CCOCC2)n1. The molecule has 9 nitrogen and oxygen atoms in total. The number of halogens is 1. The summed E-state index contributed by atoms with van der Waals surface area (Å²) in [5.41, 5.74) is 2.35. The fourth-order valence-electron chi connectivity index (χ4n) is 4.22. The molecule has 0 spiro atoms. The van der Waals surface area contributed by atoms with Gasteiger partial charge in [-0.05, 0) is 37.3 Å². The Morgan fingerprint density at radius 2 is 2.09 bits per heavy atom. The lowest BCUT2D eigenvalue weighted by Crippen LogP contribution is -2.41. The van der Waals surface area contributed by atoms with Crippen LogP contribution in [-0.2, 0) is 4.74 Å². The first-order valence-corrected chi connectivity index (χ1v) is 11.3. The number of hydrogen-bond acceptors (Lipinski definition) is 7. The molecule has 0 saturated carbocycles. The van der Waals surface area contributed by atoms with E-state index in [9.17, 15) is 4.79 Å². The van der Waals surface area contributed by atoms with Crippen molar-refractivity contribution in [1.82, 2.24) is 29.8 Å². The van der Waals surface area contributed by atoms with Gasteiger partial charge in [0.2, 0.25) is 0 Å². The molecule has 1 atom stereocenters. The van der Waals surface area contributed by atoms with Crippen LogP contribution in [0.4, 0.5) is 5.82 Å². The van der Waals surface area contributed by atoms with E-state index < -0.39 is 0 Å². The molecule has 1 aromatic carbocycles. The van der Waals surface area contributed by atoms with Crippen molar-refractivity contribution in [3.63, 3.8) is 0 Å². The van der Waals surface area contributed by atoms with Crippen LogP contribution in [0.2, 0.25) is 5.02 Å². The van der Waals surface area contributed by atoms with E-state index in [2.05, 4.69) is 25.3 Å². The number of carbonyl (C=O) groups is 1. The van der Waals surface area contributed by atoms with Gasteiger partial charge in [0, 0.05) is 31.7 Å². The fraction of sp³-hybridized carbons (Fsp3) is 0.348. The minimum Gasteiger partial charge on any atom is -0.381 e. The van der Waals surface area contributed by atoms with Crippen molar-refractivity contribution in [2.24, 2.45) is 0 Å². The first kappa shape index (κ1) is 21.5. The number of pyridine rings is 1. The number of ether oxygens (including phenoxy) is 1. The van der Waals surface area contributed by atoms with E-state index >= 15 is 0 Å². The summed E-state index contributed by atoms with van der Waals surface area (Å²) in [7, 11) is 1.83. The maximum atomic E-state index is 13.6. The van der Waals surface area contributed by atoms with Crippen molar-refractivity contribution in [3.8, 4) is 0 Å². The average Bonchev–Trinajstić information content (AvgIpc) is 3.33. The summed E-state index contributed by atoms with van der Waals surface area (Å²) in [5, 5.41) is 5.40. The van der Waals surface area contributed by atoms with Gasteiger partial charge in [-0.3, -0.25) is 4.79 Å². The Bertz CT molecular complexity index is 1320. The van der Waals surface area contributed by atoms with Gasteiger partial charge in [-0.1, -0.05) is 23.7 Å². The maximum Gasteiger partial charge on any atom is 0.273 e. The van der Waals surface area contributed by atoms with Crippen LogP contribution >= 0.6 is 11.6 Å². The van der Waals surface area contributed by atoms with Crippen LogP contribution in [-0.4, -0.2) is 62.0 Å². The number of rotatable bonds is 5. The summed E-state index contributed by atoms with van der Waals surface area (Å²) >= 11 is 6.54. The number of fused-ring (bicyclic) bond motifs is 2. The highest BCUT2D eigenvalue weighted by Crippen LogP contribution is 2.31. The number of nitrogens with one attached hydrogen (secondary N) is 2. The van der Waals surface area contributed by atoms with E-state index in [-0.39, 0.29) is 18.0 Å². The minimum atomic E-state index is -0.241. The summed E-state index contributed by atoms with van der Waals surface area (Å²) in [6.45, 7) is 3.28. The number of amides is 1. The van der Waals surface area contributed by atoms with Crippen molar-refractivity contribution < 1.29 is 9.53 Å². The lowest BCUT2D eigenvalue weighted by molar-refractivity contribution is 0.0360. The molecule has 4 heterocycles. The summed E-state index contributed by atoms with van der Waals surface area (Å²) in [5.74, 6) is 0.470. The van der Waals surface area contributed by atoms with E-state index in [1.807, 2.05) is 32.2 Å². The second-order valence-corrected chi connectivity index (χ2v) is 8.59. The van der Waals surface area contributed by atoms with Crippen LogP contribution in [0.5, 0.6) is 0 Å². The van der Waals surface area contributed by atoms with Crippen LogP contribution in [0.15, 0.2) is 36.9 Å². The maximum absolute atomic E-state index is 13.6. The number of aromatic nitrogens is 5. The molecule has 0 aliphatic carbocycles. The minimum absolute atomic E-state index is 0.111. The van der Waals surface area contributed by atoms with E-state index in [1.54, 1.807) is 17.3 Å². The normalized spacial score (nSPS) is 15.6. The van der Waals surface area contributed by atoms with Gasteiger partial charge >= 0.3 is 0 Å². The molecule has 1 aliphatic heterocycles.